The van der Waals surface area contributed by atoms with Gasteiger partial charge in [-0.1, -0.05) is 109 Å². The average Bonchev–Trinajstić information content (AvgIpc) is 2.84. The molecule has 0 atom stereocenters. The van der Waals surface area contributed by atoms with E-state index >= 15 is 0 Å². The zero-order chi connectivity index (χ0) is 21.4. The average molecular weight is 402 g/mol. The molecule has 2 nitrogen and oxygen atoms in total. The second-order valence-electron chi connectivity index (χ2n) is 7.22. The maximum atomic E-state index is 13.1. The predicted octanol–water partition coefficient (Wildman–Crippen LogP) is 6.02. The number of hydrogen-bond donors (Lipinski definition) is 0. The number of ether oxygens (including phenoxy) is 1. The van der Waals surface area contributed by atoms with Crippen molar-refractivity contribution >= 4 is 5.97 Å². The van der Waals surface area contributed by atoms with Gasteiger partial charge in [0.2, 0.25) is 0 Å². The van der Waals surface area contributed by atoms with Crippen LogP contribution in [0.3, 0.4) is 0 Å². The smallest absolute Gasteiger partial charge is 0.313 e. The third kappa shape index (κ3) is 4.91. The summed E-state index contributed by atoms with van der Waals surface area (Å²) in [5.74, 6) is 6.94. The number of benzene rings is 4. The zero-order valence-electron chi connectivity index (χ0n) is 17.1. The highest BCUT2D eigenvalue weighted by Gasteiger charge is 2.36. The van der Waals surface area contributed by atoms with Crippen molar-refractivity contribution in [1.29, 1.82) is 0 Å². The minimum atomic E-state index is -0.843. The third-order valence-corrected chi connectivity index (χ3v) is 5.11. The summed E-state index contributed by atoms with van der Waals surface area (Å²) in [6, 6.07) is 38.8. The molecular formula is C29H22O2. The second kappa shape index (κ2) is 9.61. The fourth-order valence-corrected chi connectivity index (χ4v) is 3.58. The van der Waals surface area contributed by atoms with Gasteiger partial charge in [-0.25, -0.2) is 0 Å². The third-order valence-electron chi connectivity index (χ3n) is 5.11. The second-order valence-corrected chi connectivity index (χ2v) is 7.22. The minimum absolute atomic E-state index is 0.0930. The molecule has 4 rings (SSSR count). The van der Waals surface area contributed by atoms with Gasteiger partial charge >= 0.3 is 5.97 Å². The van der Waals surface area contributed by atoms with Gasteiger partial charge in [0, 0.05) is 5.56 Å². The van der Waals surface area contributed by atoms with E-state index in [0.717, 1.165) is 16.7 Å². The van der Waals surface area contributed by atoms with E-state index in [1.165, 1.54) is 0 Å². The number of rotatable bonds is 5. The van der Waals surface area contributed by atoms with Crippen LogP contribution >= 0.6 is 0 Å². The summed E-state index contributed by atoms with van der Waals surface area (Å²) in [4.78, 5) is 13.1. The largest absolute Gasteiger partial charge is 0.426 e. The lowest BCUT2D eigenvalue weighted by molar-refractivity contribution is -0.135. The molecule has 0 aliphatic rings. The summed E-state index contributed by atoms with van der Waals surface area (Å²) in [5, 5.41) is 0. The highest BCUT2D eigenvalue weighted by atomic mass is 16.5. The lowest BCUT2D eigenvalue weighted by atomic mass is 9.72. The van der Waals surface area contributed by atoms with Crippen LogP contribution in [0.5, 0.6) is 5.75 Å². The van der Waals surface area contributed by atoms with Crippen LogP contribution in [-0.4, -0.2) is 5.97 Å². The van der Waals surface area contributed by atoms with Crippen LogP contribution in [0, 0.1) is 11.8 Å². The van der Waals surface area contributed by atoms with Gasteiger partial charge in [0.25, 0.3) is 0 Å². The highest BCUT2D eigenvalue weighted by molar-refractivity contribution is 5.77. The van der Waals surface area contributed by atoms with Gasteiger partial charge in [-0.3, -0.25) is 4.79 Å². The SMILES string of the molecule is O=C(CC(C#Cc1ccccc1)(c1ccccc1)c1ccccc1)Oc1ccccc1. The molecule has 0 fully saturated rings. The molecule has 0 aromatic heterocycles. The number of hydrogen-bond acceptors (Lipinski definition) is 2. The van der Waals surface area contributed by atoms with Crippen molar-refractivity contribution in [2.45, 2.75) is 11.8 Å². The Kier molecular flexibility index (Phi) is 6.26. The standard InChI is InChI=1S/C29H22O2/c30-28(31-27-19-11-4-12-20-27)23-29(25-15-7-2-8-16-25,26-17-9-3-10-18-26)22-21-24-13-5-1-6-14-24/h1-20H,23H2. The monoisotopic (exact) mass is 402 g/mol. The van der Waals surface area contributed by atoms with Crippen LogP contribution in [0.15, 0.2) is 121 Å². The maximum Gasteiger partial charge on any atom is 0.313 e. The van der Waals surface area contributed by atoms with Gasteiger partial charge in [-0.05, 0) is 35.4 Å². The molecule has 0 unspecified atom stereocenters. The summed E-state index contributed by atoms with van der Waals surface area (Å²) < 4.78 is 5.66. The van der Waals surface area contributed by atoms with Crippen molar-refractivity contribution in [3.63, 3.8) is 0 Å². The molecular weight excluding hydrogens is 380 g/mol. The van der Waals surface area contributed by atoms with Crippen molar-refractivity contribution in [2.75, 3.05) is 0 Å². The molecule has 150 valence electrons. The fraction of sp³-hybridized carbons (Fsp3) is 0.0690. The molecule has 0 saturated heterocycles. The van der Waals surface area contributed by atoms with E-state index < -0.39 is 5.41 Å². The van der Waals surface area contributed by atoms with E-state index in [1.54, 1.807) is 12.1 Å². The predicted molar refractivity (Wildman–Crippen MR) is 124 cm³/mol. The Morgan fingerprint density at radius 1 is 0.645 bits per heavy atom. The molecule has 0 heterocycles. The number of esters is 1. The zero-order valence-corrected chi connectivity index (χ0v) is 17.1. The summed E-state index contributed by atoms with van der Waals surface area (Å²) in [5.41, 5.74) is 1.96. The Hall–Kier alpha value is -4.09. The first-order chi connectivity index (χ1) is 15.3. The van der Waals surface area contributed by atoms with Crippen molar-refractivity contribution in [1.82, 2.24) is 0 Å². The van der Waals surface area contributed by atoms with E-state index in [4.69, 9.17) is 4.74 Å². The Balaban J connectivity index is 1.81. The molecule has 0 aliphatic carbocycles. The van der Waals surface area contributed by atoms with Gasteiger partial charge in [-0.2, -0.15) is 0 Å². The molecule has 4 aromatic rings. The Labute approximate surface area is 183 Å². The Morgan fingerprint density at radius 3 is 1.61 bits per heavy atom. The normalized spacial score (nSPS) is 10.6. The molecule has 0 N–H and O–H groups in total. The van der Waals surface area contributed by atoms with Crippen LogP contribution in [0.25, 0.3) is 0 Å². The molecule has 0 radical (unpaired) electrons. The van der Waals surface area contributed by atoms with Crippen LogP contribution in [-0.2, 0) is 10.2 Å². The van der Waals surface area contributed by atoms with Crippen molar-refractivity contribution in [2.24, 2.45) is 0 Å². The number of para-hydroxylation sites is 1. The van der Waals surface area contributed by atoms with Crippen molar-refractivity contribution < 1.29 is 9.53 Å². The highest BCUT2D eigenvalue weighted by Crippen LogP contribution is 2.36. The first kappa shape index (κ1) is 20.2. The van der Waals surface area contributed by atoms with Crippen LogP contribution in [0.1, 0.15) is 23.1 Å². The summed E-state index contributed by atoms with van der Waals surface area (Å²) in [6.07, 6.45) is 0.0930. The maximum absolute atomic E-state index is 13.1. The van der Waals surface area contributed by atoms with E-state index in [0.29, 0.717) is 5.75 Å². The lowest BCUT2D eigenvalue weighted by Crippen LogP contribution is -2.31. The molecule has 0 bridgehead atoms. The lowest BCUT2D eigenvalue weighted by Gasteiger charge is -2.29. The summed E-state index contributed by atoms with van der Waals surface area (Å²) >= 11 is 0. The summed E-state index contributed by atoms with van der Waals surface area (Å²) in [6.45, 7) is 0. The van der Waals surface area contributed by atoms with E-state index in [2.05, 4.69) is 11.8 Å². The fourth-order valence-electron chi connectivity index (χ4n) is 3.58. The molecule has 0 saturated carbocycles. The number of carbonyl (C=O) groups is 1. The molecule has 2 heteroatoms. The Morgan fingerprint density at radius 2 is 1.10 bits per heavy atom. The molecule has 0 spiro atoms. The minimum Gasteiger partial charge on any atom is -0.426 e. The first-order valence-electron chi connectivity index (χ1n) is 10.2. The van der Waals surface area contributed by atoms with Gasteiger partial charge in [0.1, 0.15) is 5.75 Å². The Bertz CT molecular complexity index is 1130. The molecule has 0 amide bonds. The first-order valence-corrected chi connectivity index (χ1v) is 10.2. The number of carbonyl (C=O) groups excluding carboxylic acids is 1. The van der Waals surface area contributed by atoms with Gasteiger partial charge in [0.15, 0.2) is 0 Å². The molecule has 4 aromatic carbocycles. The van der Waals surface area contributed by atoms with E-state index in [1.807, 2.05) is 109 Å². The van der Waals surface area contributed by atoms with Gasteiger partial charge in [-0.15, -0.1) is 0 Å². The van der Waals surface area contributed by atoms with Crippen LogP contribution < -0.4 is 4.74 Å². The van der Waals surface area contributed by atoms with Crippen LogP contribution in [0.2, 0.25) is 0 Å². The quantitative estimate of drug-likeness (QED) is 0.232. The van der Waals surface area contributed by atoms with Gasteiger partial charge < -0.3 is 4.74 Å². The summed E-state index contributed by atoms with van der Waals surface area (Å²) in [7, 11) is 0. The van der Waals surface area contributed by atoms with Crippen LogP contribution in [0.4, 0.5) is 0 Å². The van der Waals surface area contributed by atoms with Gasteiger partial charge in [0.05, 0.1) is 11.8 Å². The van der Waals surface area contributed by atoms with Crippen molar-refractivity contribution in [3.05, 3.63) is 138 Å². The molecule has 31 heavy (non-hydrogen) atoms. The van der Waals surface area contributed by atoms with Crippen molar-refractivity contribution in [3.8, 4) is 17.6 Å². The topological polar surface area (TPSA) is 26.3 Å². The van der Waals surface area contributed by atoms with E-state index in [-0.39, 0.29) is 12.4 Å². The molecule has 0 aliphatic heterocycles. The van der Waals surface area contributed by atoms with E-state index in [9.17, 15) is 4.79 Å².